The molecule has 0 radical (unpaired) electrons. The minimum atomic E-state index is 0.0948. The molecule has 0 saturated carbocycles. The molecular formula is C17H17N5O. The average Bonchev–Trinajstić information content (AvgIpc) is 3.10. The molecule has 2 atom stereocenters. The summed E-state index contributed by atoms with van der Waals surface area (Å²) in [6.45, 7) is 0. The number of fused-ring (bicyclic) bond motifs is 1. The molecule has 0 saturated heterocycles. The maximum atomic E-state index is 5.24. The molecule has 1 N–H and O–H groups in total. The molecule has 6 nitrogen and oxygen atoms in total. The lowest BCUT2D eigenvalue weighted by Crippen LogP contribution is -2.28. The molecule has 4 rings (SSSR count). The van der Waals surface area contributed by atoms with Gasteiger partial charge in [0.05, 0.1) is 19.2 Å². The van der Waals surface area contributed by atoms with Gasteiger partial charge in [-0.25, -0.2) is 4.68 Å². The Balaban J connectivity index is 1.70. The number of nitrogens with zero attached hydrogens (tertiary/aromatic N) is 4. The van der Waals surface area contributed by atoms with E-state index in [4.69, 9.17) is 4.74 Å². The van der Waals surface area contributed by atoms with Gasteiger partial charge in [-0.2, -0.15) is 0 Å². The van der Waals surface area contributed by atoms with Crippen LogP contribution in [0.15, 0.2) is 54.6 Å². The highest BCUT2D eigenvalue weighted by atomic mass is 16.5. The summed E-state index contributed by atoms with van der Waals surface area (Å²) >= 11 is 0. The molecule has 1 aromatic heterocycles. The lowest BCUT2D eigenvalue weighted by atomic mass is 9.93. The largest absolute Gasteiger partial charge is 0.497 e. The van der Waals surface area contributed by atoms with E-state index >= 15 is 0 Å². The second-order valence-corrected chi connectivity index (χ2v) is 5.58. The summed E-state index contributed by atoms with van der Waals surface area (Å²) in [7, 11) is 1.67. The summed E-state index contributed by atoms with van der Waals surface area (Å²) in [6, 6.07) is 18.7. The normalized spacial score (nSPS) is 19.7. The molecule has 1 aliphatic rings. The zero-order chi connectivity index (χ0) is 15.6. The number of ether oxygens (including phenoxy) is 1. The minimum Gasteiger partial charge on any atom is -0.497 e. The van der Waals surface area contributed by atoms with Gasteiger partial charge in [0, 0.05) is 0 Å². The smallest absolute Gasteiger partial charge is 0.243 e. The van der Waals surface area contributed by atoms with Crippen LogP contribution in [0.3, 0.4) is 0 Å². The Labute approximate surface area is 134 Å². The number of anilines is 1. The topological polar surface area (TPSA) is 64.9 Å². The van der Waals surface area contributed by atoms with Crippen LogP contribution < -0.4 is 10.1 Å². The Morgan fingerprint density at radius 1 is 1.04 bits per heavy atom. The van der Waals surface area contributed by atoms with Crippen molar-refractivity contribution >= 4 is 5.95 Å². The Hall–Kier alpha value is -2.89. The van der Waals surface area contributed by atoms with Crippen molar-refractivity contribution < 1.29 is 4.74 Å². The molecule has 3 aromatic rings. The van der Waals surface area contributed by atoms with E-state index < -0.39 is 0 Å². The van der Waals surface area contributed by atoms with Crippen molar-refractivity contribution in [3.63, 3.8) is 0 Å². The number of hydrogen-bond acceptors (Lipinski definition) is 5. The number of nitrogens with one attached hydrogen (secondary N) is 1. The third-order valence-electron chi connectivity index (χ3n) is 4.25. The van der Waals surface area contributed by atoms with Gasteiger partial charge < -0.3 is 10.1 Å². The van der Waals surface area contributed by atoms with Crippen molar-refractivity contribution in [3.8, 4) is 5.75 Å². The van der Waals surface area contributed by atoms with Crippen LogP contribution in [0.25, 0.3) is 0 Å². The van der Waals surface area contributed by atoms with Crippen molar-refractivity contribution in [1.82, 2.24) is 20.2 Å². The summed E-state index contributed by atoms with van der Waals surface area (Å²) in [6.07, 6.45) is 0.883. The molecule has 0 bridgehead atoms. The Bertz CT molecular complexity index is 784. The zero-order valence-corrected chi connectivity index (χ0v) is 12.8. The van der Waals surface area contributed by atoms with Gasteiger partial charge in [-0.05, 0) is 40.1 Å². The van der Waals surface area contributed by atoms with Gasteiger partial charge in [0.2, 0.25) is 5.95 Å². The van der Waals surface area contributed by atoms with E-state index in [0.717, 1.165) is 12.2 Å². The third kappa shape index (κ3) is 2.52. The van der Waals surface area contributed by atoms with E-state index in [1.807, 2.05) is 22.9 Å². The van der Waals surface area contributed by atoms with Gasteiger partial charge in [-0.1, -0.05) is 47.6 Å². The fraction of sp³-hybridized carbons (Fsp3) is 0.235. The van der Waals surface area contributed by atoms with Crippen molar-refractivity contribution in [2.75, 3.05) is 12.4 Å². The third-order valence-corrected chi connectivity index (χ3v) is 4.25. The van der Waals surface area contributed by atoms with E-state index in [9.17, 15) is 0 Å². The van der Waals surface area contributed by atoms with Gasteiger partial charge >= 0.3 is 0 Å². The molecule has 1 aliphatic heterocycles. The van der Waals surface area contributed by atoms with Crippen molar-refractivity contribution in [2.24, 2.45) is 0 Å². The van der Waals surface area contributed by atoms with Gasteiger partial charge in [0.15, 0.2) is 0 Å². The molecule has 6 heteroatoms. The average molecular weight is 307 g/mol. The summed E-state index contributed by atoms with van der Waals surface area (Å²) in [5.41, 5.74) is 2.40. The van der Waals surface area contributed by atoms with E-state index in [1.165, 1.54) is 11.1 Å². The molecular weight excluding hydrogens is 290 g/mol. The molecule has 23 heavy (non-hydrogen) atoms. The van der Waals surface area contributed by atoms with Crippen LogP contribution in [-0.4, -0.2) is 27.3 Å². The lowest BCUT2D eigenvalue weighted by Gasteiger charge is -2.31. The van der Waals surface area contributed by atoms with Crippen LogP contribution in [0.5, 0.6) is 5.75 Å². The van der Waals surface area contributed by atoms with Gasteiger partial charge in [0.1, 0.15) is 5.75 Å². The second kappa shape index (κ2) is 5.72. The molecule has 0 fully saturated rings. The molecule has 116 valence electrons. The van der Waals surface area contributed by atoms with Gasteiger partial charge in [-0.3, -0.25) is 0 Å². The van der Waals surface area contributed by atoms with Crippen LogP contribution in [0.1, 0.15) is 29.6 Å². The molecule has 2 aromatic carbocycles. The maximum absolute atomic E-state index is 5.24. The standard InChI is InChI=1S/C17H17N5O/c1-23-14-9-7-13(8-10-14)16-11-15(12-5-3-2-4-6-12)18-17-19-20-21-22(16)17/h2-10,15-16H,11H2,1H3,(H,18,19,21)/t15-,16-/m1/s1. The Morgan fingerprint density at radius 3 is 2.57 bits per heavy atom. The molecule has 0 amide bonds. The first-order chi connectivity index (χ1) is 11.3. The molecule has 0 spiro atoms. The monoisotopic (exact) mass is 307 g/mol. The van der Waals surface area contributed by atoms with Crippen molar-refractivity contribution in [2.45, 2.75) is 18.5 Å². The fourth-order valence-corrected chi connectivity index (χ4v) is 3.04. The van der Waals surface area contributed by atoms with Crippen LogP contribution in [0.4, 0.5) is 5.95 Å². The van der Waals surface area contributed by atoms with Crippen LogP contribution in [0, 0.1) is 0 Å². The van der Waals surface area contributed by atoms with E-state index in [0.29, 0.717) is 5.95 Å². The first-order valence-corrected chi connectivity index (χ1v) is 7.58. The second-order valence-electron chi connectivity index (χ2n) is 5.58. The quantitative estimate of drug-likeness (QED) is 0.806. The predicted molar refractivity (Wildman–Crippen MR) is 86.4 cm³/mol. The number of benzene rings is 2. The zero-order valence-electron chi connectivity index (χ0n) is 12.8. The summed E-state index contributed by atoms with van der Waals surface area (Å²) < 4.78 is 7.09. The van der Waals surface area contributed by atoms with Gasteiger partial charge in [-0.15, -0.1) is 0 Å². The van der Waals surface area contributed by atoms with Crippen LogP contribution in [0.2, 0.25) is 0 Å². The Morgan fingerprint density at radius 2 is 1.83 bits per heavy atom. The van der Waals surface area contributed by atoms with E-state index in [-0.39, 0.29) is 12.1 Å². The minimum absolute atomic E-state index is 0.0948. The van der Waals surface area contributed by atoms with E-state index in [1.54, 1.807) is 7.11 Å². The number of tetrazole rings is 1. The van der Waals surface area contributed by atoms with E-state index in [2.05, 4.69) is 57.2 Å². The number of rotatable bonds is 3. The Kier molecular flexibility index (Phi) is 3.42. The summed E-state index contributed by atoms with van der Waals surface area (Å²) in [5, 5.41) is 15.5. The lowest BCUT2D eigenvalue weighted by molar-refractivity contribution is 0.410. The van der Waals surface area contributed by atoms with Crippen LogP contribution >= 0.6 is 0 Å². The highest BCUT2D eigenvalue weighted by Gasteiger charge is 2.30. The maximum Gasteiger partial charge on any atom is 0.243 e. The summed E-state index contributed by atoms with van der Waals surface area (Å²) in [4.78, 5) is 0. The molecule has 2 heterocycles. The number of methoxy groups -OCH3 is 1. The van der Waals surface area contributed by atoms with Crippen molar-refractivity contribution in [1.29, 1.82) is 0 Å². The van der Waals surface area contributed by atoms with Crippen LogP contribution in [-0.2, 0) is 0 Å². The van der Waals surface area contributed by atoms with Gasteiger partial charge in [0.25, 0.3) is 0 Å². The predicted octanol–water partition coefficient (Wildman–Crippen LogP) is 2.83. The first kappa shape index (κ1) is 13.8. The summed E-state index contributed by atoms with van der Waals surface area (Å²) in [5.74, 6) is 1.55. The molecule has 0 unspecified atom stereocenters. The highest BCUT2D eigenvalue weighted by molar-refractivity contribution is 5.38. The highest BCUT2D eigenvalue weighted by Crippen LogP contribution is 2.37. The SMILES string of the molecule is COc1ccc([C@H]2C[C@H](c3ccccc3)Nc3nnnn32)cc1. The van der Waals surface area contributed by atoms with Crippen molar-refractivity contribution in [3.05, 3.63) is 65.7 Å². The number of hydrogen-bond donors (Lipinski definition) is 1. The first-order valence-electron chi connectivity index (χ1n) is 7.58. The fourth-order valence-electron chi connectivity index (χ4n) is 3.04. The number of aromatic nitrogens is 4. The molecule has 0 aliphatic carbocycles.